The van der Waals surface area contributed by atoms with Crippen molar-refractivity contribution in [1.82, 2.24) is 0 Å². The largest absolute Gasteiger partial charge is 0.230 e. The molecule has 5 nitrogen and oxygen atoms in total. The molecule has 0 aromatic rings. The first-order chi connectivity index (χ1) is 5.91. The first-order valence-corrected chi connectivity index (χ1v) is 3.29. The van der Waals surface area contributed by atoms with Crippen LogP contribution in [0.5, 0.6) is 0 Å². The Morgan fingerprint density at radius 1 is 0.833 bits per heavy atom. The average molecular weight is 176 g/mol. The maximum Gasteiger partial charge on any atom is 0.217 e. The van der Waals surface area contributed by atoms with Gasteiger partial charge in [-0.15, -0.1) is 13.2 Å². The lowest BCUT2D eigenvalue weighted by molar-refractivity contribution is -0.544. The summed E-state index contributed by atoms with van der Waals surface area (Å²) in [4.78, 5) is 17.6. The lowest BCUT2D eigenvalue weighted by Gasteiger charge is -2.01. The predicted molar refractivity (Wildman–Crippen MR) is 40.4 cm³/mol. The van der Waals surface area contributed by atoms with Crippen molar-refractivity contribution in [3.63, 3.8) is 0 Å². The monoisotopic (exact) mass is 176 g/mol. The van der Waals surface area contributed by atoms with E-state index in [0.717, 1.165) is 0 Å². The van der Waals surface area contributed by atoms with Crippen LogP contribution in [0.4, 0.5) is 0 Å². The molecule has 0 aromatic carbocycles. The molecule has 0 bridgehead atoms. The summed E-state index contributed by atoms with van der Waals surface area (Å²) >= 11 is 0. The van der Waals surface area contributed by atoms with Gasteiger partial charge in [0.05, 0.1) is 0 Å². The van der Waals surface area contributed by atoms with Crippen LogP contribution in [0.1, 0.15) is 0 Å². The van der Waals surface area contributed by atoms with Crippen LogP contribution >= 0.6 is 0 Å². The molecular weight excluding hydrogens is 164 g/mol. The van der Waals surface area contributed by atoms with Crippen LogP contribution < -0.4 is 0 Å². The van der Waals surface area contributed by atoms with Crippen LogP contribution in [-0.4, -0.2) is 20.0 Å². The standard InChI is InChI=1S/C7H12O5/c1-3-5-8-10-7-11-12-9-6-4-2/h3-4H,1-2,5-7H2. The Morgan fingerprint density at radius 3 is 2.17 bits per heavy atom. The smallest absolute Gasteiger partial charge is 0.217 e. The quantitative estimate of drug-likeness (QED) is 0.173. The number of rotatable bonds is 9. The van der Waals surface area contributed by atoms with E-state index in [9.17, 15) is 0 Å². The van der Waals surface area contributed by atoms with E-state index in [4.69, 9.17) is 0 Å². The van der Waals surface area contributed by atoms with Gasteiger partial charge in [0, 0.05) is 0 Å². The first-order valence-electron chi connectivity index (χ1n) is 3.29. The van der Waals surface area contributed by atoms with Gasteiger partial charge >= 0.3 is 0 Å². The molecule has 0 spiro atoms. The minimum atomic E-state index is -0.176. The van der Waals surface area contributed by atoms with Gasteiger partial charge in [-0.05, 0) is 0 Å². The molecule has 0 rings (SSSR count). The van der Waals surface area contributed by atoms with Crippen LogP contribution in [0.2, 0.25) is 0 Å². The van der Waals surface area contributed by atoms with Crippen molar-refractivity contribution in [1.29, 1.82) is 0 Å². The third-order valence-corrected chi connectivity index (χ3v) is 0.648. The van der Waals surface area contributed by atoms with E-state index in [1.54, 1.807) is 0 Å². The van der Waals surface area contributed by atoms with Crippen molar-refractivity contribution >= 4 is 0 Å². The molecule has 0 radical (unpaired) electrons. The minimum absolute atomic E-state index is 0.176. The van der Waals surface area contributed by atoms with Gasteiger partial charge in [-0.1, -0.05) is 17.2 Å². The van der Waals surface area contributed by atoms with Crippen LogP contribution in [0.15, 0.2) is 25.3 Å². The fourth-order valence-electron chi connectivity index (χ4n) is 0.279. The molecular formula is C7H12O5. The van der Waals surface area contributed by atoms with Crippen molar-refractivity contribution in [3.05, 3.63) is 25.3 Å². The Labute approximate surface area is 70.9 Å². The zero-order valence-corrected chi connectivity index (χ0v) is 6.73. The van der Waals surface area contributed by atoms with E-state index in [1.165, 1.54) is 12.2 Å². The average Bonchev–Trinajstić information content (AvgIpc) is 2.10. The molecule has 0 aromatic heterocycles. The van der Waals surface area contributed by atoms with Crippen molar-refractivity contribution < 1.29 is 24.6 Å². The second-order valence-corrected chi connectivity index (χ2v) is 1.57. The lowest BCUT2D eigenvalue weighted by Crippen LogP contribution is -2.03. The summed E-state index contributed by atoms with van der Waals surface area (Å²) in [5.74, 6) is 0. The zero-order valence-electron chi connectivity index (χ0n) is 6.73. The molecule has 0 saturated carbocycles. The maximum atomic E-state index is 4.49. The SMILES string of the molecule is C=CCOOCOOOCC=C. The van der Waals surface area contributed by atoms with Gasteiger partial charge in [0.25, 0.3) is 0 Å². The van der Waals surface area contributed by atoms with Crippen LogP contribution in [0, 0.1) is 0 Å². The molecule has 70 valence electrons. The molecule has 5 heteroatoms. The predicted octanol–water partition coefficient (Wildman–Crippen LogP) is 1.14. The van der Waals surface area contributed by atoms with E-state index in [1.807, 2.05) is 0 Å². The minimum Gasteiger partial charge on any atom is -0.230 e. The van der Waals surface area contributed by atoms with Crippen LogP contribution in [0.25, 0.3) is 0 Å². The number of hydrogen-bond donors (Lipinski definition) is 0. The van der Waals surface area contributed by atoms with E-state index >= 15 is 0 Å². The van der Waals surface area contributed by atoms with E-state index in [0.29, 0.717) is 0 Å². The molecule has 12 heavy (non-hydrogen) atoms. The topological polar surface area (TPSA) is 46.2 Å². The van der Waals surface area contributed by atoms with Crippen molar-refractivity contribution in [2.45, 2.75) is 0 Å². The Bertz CT molecular complexity index is 100. The zero-order chi connectivity index (χ0) is 9.07. The Balaban J connectivity index is 2.81. The second kappa shape index (κ2) is 10.3. The number of hydrogen-bond acceptors (Lipinski definition) is 5. The molecule has 0 atom stereocenters. The van der Waals surface area contributed by atoms with Gasteiger partial charge < -0.3 is 0 Å². The summed E-state index contributed by atoms with van der Waals surface area (Å²) in [5, 5.41) is 4.15. The highest BCUT2D eigenvalue weighted by atomic mass is 17.5. The van der Waals surface area contributed by atoms with E-state index in [2.05, 4.69) is 37.7 Å². The van der Waals surface area contributed by atoms with E-state index in [-0.39, 0.29) is 20.0 Å². The van der Waals surface area contributed by atoms with Crippen molar-refractivity contribution in [2.24, 2.45) is 0 Å². The van der Waals surface area contributed by atoms with Gasteiger partial charge in [-0.3, -0.25) is 0 Å². The molecule has 0 N–H and O–H groups in total. The summed E-state index contributed by atoms with van der Waals surface area (Å²) in [5.41, 5.74) is 0. The van der Waals surface area contributed by atoms with Crippen LogP contribution in [-0.2, 0) is 24.6 Å². The van der Waals surface area contributed by atoms with Gasteiger partial charge in [-0.25, -0.2) is 14.7 Å². The summed E-state index contributed by atoms with van der Waals surface area (Å²) in [6, 6.07) is 0. The maximum absolute atomic E-state index is 4.49. The third-order valence-electron chi connectivity index (χ3n) is 0.648. The van der Waals surface area contributed by atoms with Gasteiger partial charge in [0.2, 0.25) is 6.79 Å². The molecule has 0 aliphatic carbocycles. The van der Waals surface area contributed by atoms with E-state index < -0.39 is 0 Å². The molecule has 0 fully saturated rings. The Kier molecular flexibility index (Phi) is 9.66. The second-order valence-electron chi connectivity index (χ2n) is 1.57. The van der Waals surface area contributed by atoms with Crippen LogP contribution in [0.3, 0.4) is 0 Å². The highest BCUT2D eigenvalue weighted by Gasteiger charge is 1.88. The Morgan fingerprint density at radius 2 is 1.50 bits per heavy atom. The summed E-state index contributed by atoms with van der Waals surface area (Å²) in [6.07, 6.45) is 3.05. The highest BCUT2D eigenvalue weighted by molar-refractivity contribution is 4.62. The van der Waals surface area contributed by atoms with Crippen molar-refractivity contribution in [3.8, 4) is 0 Å². The Hall–Kier alpha value is -0.720. The molecule has 0 heterocycles. The summed E-state index contributed by atoms with van der Waals surface area (Å²) in [6.45, 7) is 7.15. The molecule has 0 saturated heterocycles. The molecule has 0 unspecified atom stereocenters. The van der Waals surface area contributed by atoms with Crippen molar-refractivity contribution in [2.75, 3.05) is 20.0 Å². The molecule has 0 amide bonds. The normalized spacial score (nSPS) is 9.67. The fraction of sp³-hybridized carbons (Fsp3) is 0.429. The molecule has 0 aliphatic heterocycles. The van der Waals surface area contributed by atoms with Gasteiger partial charge in [0.15, 0.2) is 0 Å². The summed E-state index contributed by atoms with van der Waals surface area (Å²) in [7, 11) is 0. The summed E-state index contributed by atoms with van der Waals surface area (Å²) < 4.78 is 0. The molecule has 0 aliphatic rings. The lowest BCUT2D eigenvalue weighted by atomic mass is 10.7. The highest BCUT2D eigenvalue weighted by Crippen LogP contribution is 1.84. The third kappa shape index (κ3) is 9.28. The fourth-order valence-corrected chi connectivity index (χ4v) is 0.279. The first kappa shape index (κ1) is 11.3. The van der Waals surface area contributed by atoms with Gasteiger partial charge in [0.1, 0.15) is 13.2 Å². The van der Waals surface area contributed by atoms with Gasteiger partial charge in [-0.2, -0.15) is 4.89 Å².